The van der Waals surface area contributed by atoms with Crippen molar-refractivity contribution in [2.24, 2.45) is 5.73 Å². The number of para-hydroxylation sites is 2. The number of oxazole rings is 1. The van der Waals surface area contributed by atoms with Crippen molar-refractivity contribution < 1.29 is 9.15 Å². The molecule has 0 saturated heterocycles. The predicted molar refractivity (Wildman–Crippen MR) is 67.2 cm³/mol. The molecule has 0 aliphatic rings. The first-order valence-corrected chi connectivity index (χ1v) is 5.66. The highest BCUT2D eigenvalue weighted by atomic mass is 16.5. The van der Waals surface area contributed by atoms with E-state index in [0.717, 1.165) is 17.6 Å². The largest absolute Gasteiger partial charge is 0.423 e. The van der Waals surface area contributed by atoms with Crippen LogP contribution in [0.25, 0.3) is 11.1 Å². The average molecular weight is 235 g/mol. The van der Waals surface area contributed by atoms with Gasteiger partial charge in [0.05, 0.1) is 13.2 Å². The number of rotatable bonds is 6. The SMILES string of the molecule is CN(CCOCCN)c1nc2ccccc2o1. The Balaban J connectivity index is 1.96. The molecule has 5 heteroatoms. The van der Waals surface area contributed by atoms with Gasteiger partial charge >= 0.3 is 0 Å². The lowest BCUT2D eigenvalue weighted by Gasteiger charge is -2.13. The summed E-state index contributed by atoms with van der Waals surface area (Å²) in [5.41, 5.74) is 7.01. The molecule has 0 unspecified atom stereocenters. The number of ether oxygens (including phenoxy) is 1. The fraction of sp³-hybridized carbons (Fsp3) is 0.417. The zero-order valence-electron chi connectivity index (χ0n) is 9.93. The monoisotopic (exact) mass is 235 g/mol. The van der Waals surface area contributed by atoms with E-state index >= 15 is 0 Å². The molecule has 2 rings (SSSR count). The van der Waals surface area contributed by atoms with Gasteiger partial charge in [0.15, 0.2) is 5.58 Å². The third-order valence-corrected chi connectivity index (χ3v) is 2.44. The summed E-state index contributed by atoms with van der Waals surface area (Å²) >= 11 is 0. The zero-order chi connectivity index (χ0) is 12.1. The summed E-state index contributed by atoms with van der Waals surface area (Å²) in [5.74, 6) is 0. The minimum atomic E-state index is 0.548. The van der Waals surface area contributed by atoms with Gasteiger partial charge in [-0.2, -0.15) is 4.98 Å². The van der Waals surface area contributed by atoms with Crippen molar-refractivity contribution in [3.8, 4) is 0 Å². The van der Waals surface area contributed by atoms with Crippen molar-refractivity contribution >= 4 is 17.1 Å². The maximum Gasteiger partial charge on any atom is 0.298 e. The van der Waals surface area contributed by atoms with E-state index in [-0.39, 0.29) is 0 Å². The van der Waals surface area contributed by atoms with Gasteiger partial charge in [-0.15, -0.1) is 0 Å². The summed E-state index contributed by atoms with van der Waals surface area (Å²) in [5, 5.41) is 0. The quantitative estimate of drug-likeness (QED) is 0.763. The van der Waals surface area contributed by atoms with Crippen LogP contribution >= 0.6 is 0 Å². The smallest absolute Gasteiger partial charge is 0.298 e. The van der Waals surface area contributed by atoms with Crippen molar-refractivity contribution in [1.29, 1.82) is 0 Å². The van der Waals surface area contributed by atoms with Gasteiger partial charge in [-0.3, -0.25) is 0 Å². The van der Waals surface area contributed by atoms with E-state index in [1.165, 1.54) is 0 Å². The molecule has 0 spiro atoms. The van der Waals surface area contributed by atoms with E-state index in [0.29, 0.717) is 25.8 Å². The molecule has 0 saturated carbocycles. The topological polar surface area (TPSA) is 64.5 Å². The van der Waals surface area contributed by atoms with Crippen LogP contribution in [0, 0.1) is 0 Å². The molecule has 0 radical (unpaired) electrons. The molecular weight excluding hydrogens is 218 g/mol. The second-order valence-electron chi connectivity index (χ2n) is 3.79. The Hall–Kier alpha value is -1.59. The van der Waals surface area contributed by atoms with Crippen LogP contribution in [-0.4, -0.2) is 38.3 Å². The molecule has 0 atom stereocenters. The number of aromatic nitrogens is 1. The van der Waals surface area contributed by atoms with Crippen molar-refractivity contribution in [3.63, 3.8) is 0 Å². The van der Waals surface area contributed by atoms with Gasteiger partial charge in [0.2, 0.25) is 0 Å². The van der Waals surface area contributed by atoms with E-state index in [1.54, 1.807) is 0 Å². The Labute approximate surface area is 100 Å². The molecule has 2 N–H and O–H groups in total. The first-order chi connectivity index (χ1) is 8.31. The zero-order valence-corrected chi connectivity index (χ0v) is 9.93. The third kappa shape index (κ3) is 2.95. The van der Waals surface area contributed by atoms with Crippen LogP contribution < -0.4 is 10.6 Å². The van der Waals surface area contributed by atoms with Crippen LogP contribution in [0.15, 0.2) is 28.7 Å². The molecule has 0 aliphatic carbocycles. The predicted octanol–water partition coefficient (Wildman–Crippen LogP) is 1.24. The second kappa shape index (κ2) is 5.65. The van der Waals surface area contributed by atoms with Crippen molar-refractivity contribution in [1.82, 2.24) is 4.98 Å². The minimum absolute atomic E-state index is 0.548. The molecule has 92 valence electrons. The van der Waals surface area contributed by atoms with Crippen molar-refractivity contribution in [3.05, 3.63) is 24.3 Å². The van der Waals surface area contributed by atoms with Gasteiger partial charge in [0, 0.05) is 20.1 Å². The van der Waals surface area contributed by atoms with E-state index in [9.17, 15) is 0 Å². The number of benzene rings is 1. The Morgan fingerprint density at radius 1 is 1.35 bits per heavy atom. The summed E-state index contributed by atoms with van der Waals surface area (Å²) < 4.78 is 10.9. The average Bonchev–Trinajstić information content (AvgIpc) is 2.78. The summed E-state index contributed by atoms with van der Waals surface area (Å²) in [6.07, 6.45) is 0. The lowest BCUT2D eigenvalue weighted by atomic mass is 10.3. The van der Waals surface area contributed by atoms with Gasteiger partial charge in [-0.05, 0) is 12.1 Å². The number of hydrogen-bond donors (Lipinski definition) is 1. The highest BCUT2D eigenvalue weighted by molar-refractivity contribution is 5.74. The van der Waals surface area contributed by atoms with E-state index < -0.39 is 0 Å². The Morgan fingerprint density at radius 3 is 2.94 bits per heavy atom. The molecular formula is C12H17N3O2. The number of anilines is 1. The lowest BCUT2D eigenvalue weighted by molar-refractivity contribution is 0.147. The fourth-order valence-electron chi connectivity index (χ4n) is 1.51. The molecule has 5 nitrogen and oxygen atoms in total. The van der Waals surface area contributed by atoms with Gasteiger partial charge in [-0.25, -0.2) is 0 Å². The number of fused-ring (bicyclic) bond motifs is 1. The van der Waals surface area contributed by atoms with Crippen LogP contribution in [0.3, 0.4) is 0 Å². The second-order valence-corrected chi connectivity index (χ2v) is 3.79. The normalized spacial score (nSPS) is 10.9. The van der Waals surface area contributed by atoms with Gasteiger partial charge in [-0.1, -0.05) is 12.1 Å². The molecule has 1 heterocycles. The van der Waals surface area contributed by atoms with Crippen molar-refractivity contribution in [2.45, 2.75) is 0 Å². The summed E-state index contributed by atoms with van der Waals surface area (Å²) in [7, 11) is 1.93. The Kier molecular flexibility index (Phi) is 3.95. The maximum atomic E-state index is 5.62. The highest BCUT2D eigenvalue weighted by Gasteiger charge is 2.09. The van der Waals surface area contributed by atoms with E-state index in [2.05, 4.69) is 4.98 Å². The standard InChI is InChI=1S/C12H17N3O2/c1-15(7-9-16-8-6-13)12-14-10-4-2-3-5-11(10)17-12/h2-5H,6-9,13H2,1H3. The molecule has 1 aromatic heterocycles. The Bertz CT molecular complexity index is 436. The maximum absolute atomic E-state index is 5.62. The summed E-state index contributed by atoms with van der Waals surface area (Å²) in [6.45, 7) is 2.48. The lowest BCUT2D eigenvalue weighted by Crippen LogP contribution is -2.23. The number of hydrogen-bond acceptors (Lipinski definition) is 5. The fourth-order valence-corrected chi connectivity index (χ4v) is 1.51. The van der Waals surface area contributed by atoms with Crippen LogP contribution in [0.1, 0.15) is 0 Å². The molecule has 17 heavy (non-hydrogen) atoms. The van der Waals surface area contributed by atoms with Crippen LogP contribution in [0.5, 0.6) is 0 Å². The van der Waals surface area contributed by atoms with Crippen LogP contribution in [0.2, 0.25) is 0 Å². The molecule has 1 aromatic carbocycles. The first kappa shape index (κ1) is 11.9. The molecule has 0 aliphatic heterocycles. The molecule has 2 aromatic rings. The van der Waals surface area contributed by atoms with Gasteiger partial charge in [0.1, 0.15) is 5.52 Å². The molecule has 0 amide bonds. The van der Waals surface area contributed by atoms with Crippen molar-refractivity contribution in [2.75, 3.05) is 38.3 Å². The minimum Gasteiger partial charge on any atom is -0.423 e. The molecule has 0 bridgehead atoms. The summed E-state index contributed by atoms with van der Waals surface area (Å²) in [6, 6.07) is 8.33. The van der Waals surface area contributed by atoms with Gasteiger partial charge < -0.3 is 19.8 Å². The van der Waals surface area contributed by atoms with Crippen LogP contribution in [-0.2, 0) is 4.74 Å². The number of likely N-dealkylation sites (N-methyl/N-ethyl adjacent to an activating group) is 1. The van der Waals surface area contributed by atoms with E-state index in [1.807, 2.05) is 36.2 Å². The first-order valence-electron chi connectivity index (χ1n) is 5.66. The highest BCUT2D eigenvalue weighted by Crippen LogP contribution is 2.20. The third-order valence-electron chi connectivity index (χ3n) is 2.44. The molecule has 0 fully saturated rings. The van der Waals surface area contributed by atoms with Gasteiger partial charge in [0.25, 0.3) is 6.01 Å². The van der Waals surface area contributed by atoms with Crippen LogP contribution in [0.4, 0.5) is 6.01 Å². The summed E-state index contributed by atoms with van der Waals surface area (Å²) in [4.78, 5) is 6.32. The number of nitrogens with two attached hydrogens (primary N) is 1. The van der Waals surface area contributed by atoms with E-state index in [4.69, 9.17) is 14.9 Å². The Morgan fingerprint density at radius 2 is 2.18 bits per heavy atom. The number of nitrogens with zero attached hydrogens (tertiary/aromatic N) is 2.